The van der Waals surface area contributed by atoms with Crippen molar-refractivity contribution >= 4 is 37.5 Å². The maximum atomic E-state index is 13.0. The molecule has 0 spiro atoms. The normalized spacial score (nSPS) is 26.5. The molecule has 0 bridgehead atoms. The number of phosphoric ester groups is 1. The molecule has 3 amide bonds. The molecule has 13 N–H and O–H groups in total. The first-order valence-corrected chi connectivity index (χ1v) is 38.6. The highest BCUT2D eigenvalue weighted by molar-refractivity contribution is 7.47. The second-order valence-corrected chi connectivity index (χ2v) is 27.7. The Bertz CT molecular complexity index is 2290. The quantitative estimate of drug-likeness (QED) is 0.0156. The average molecular weight is 1460 g/mol. The zero-order valence-electron chi connectivity index (χ0n) is 59.7. The number of hydrogen-bond donors (Lipinski definition) is 13. The summed E-state index contributed by atoms with van der Waals surface area (Å²) in [6.45, 7) is 1.58. The van der Waals surface area contributed by atoms with E-state index in [2.05, 4.69) is 54.1 Å². The van der Waals surface area contributed by atoms with E-state index in [1.807, 2.05) is 0 Å². The van der Waals surface area contributed by atoms with Crippen LogP contribution in [0.2, 0.25) is 0 Å². The van der Waals surface area contributed by atoms with Crippen LogP contribution in [0.1, 0.15) is 233 Å². The number of aliphatic hydroxyl groups excluding tert-OH is 9. The Morgan fingerprint density at radius 1 is 0.460 bits per heavy atom. The van der Waals surface area contributed by atoms with E-state index in [1.54, 1.807) is 0 Å². The fraction of sp³-hybridized carbons (Fsp3) is 0.871. The number of nitrogens with one attached hydrogen (secondary N) is 3. The van der Waals surface area contributed by atoms with Crippen LogP contribution in [0.5, 0.6) is 0 Å². The minimum absolute atomic E-state index is 0.0267. The molecule has 3 aliphatic heterocycles. The Hall–Kier alpha value is -3.66. The van der Waals surface area contributed by atoms with Crippen molar-refractivity contribution in [1.82, 2.24) is 16.0 Å². The largest absolute Gasteiger partial charge is 0.472 e. The van der Waals surface area contributed by atoms with Crippen molar-refractivity contribution in [3.05, 3.63) is 24.3 Å². The summed E-state index contributed by atoms with van der Waals surface area (Å²) in [6, 6.07) is -1.36. The Morgan fingerprint density at radius 3 is 1.43 bits per heavy atom. The van der Waals surface area contributed by atoms with Gasteiger partial charge in [-0.15, -0.1) is 0 Å². The number of unbranched alkanes of at least 4 members (excludes halogenated alkanes) is 23. The fourth-order valence-electron chi connectivity index (χ4n) is 11.7. The van der Waals surface area contributed by atoms with Gasteiger partial charge in [0.25, 0.3) is 0 Å². The van der Waals surface area contributed by atoms with Crippen molar-refractivity contribution in [3.63, 3.8) is 0 Å². The van der Waals surface area contributed by atoms with E-state index in [9.17, 15) is 79.4 Å². The van der Waals surface area contributed by atoms with Crippen molar-refractivity contribution in [3.8, 4) is 0 Å². The molecule has 0 aromatic carbocycles. The SMILES string of the molecule is CCCCCCCCC=CCCCCCCCC(=O)OC[C@H](COP(=O)(O)OCCNC(=O)CCCCC(=O)NCCCO[C@@H]1O[C@H](CO)[C@@H](O[C@@H]2O[C@H](CO)[C@H](O)[C@H](O[C@H]3O[C@H](CO)[C@H](O)[C@H](O)[C@H]3O)[C@H]2O)[C@H](O)[C@H]1NC(C)=O)OC(=O)CCCCCCCC=CCCCCCCCC. The first-order chi connectivity index (χ1) is 48.2. The van der Waals surface area contributed by atoms with Gasteiger partial charge in [0.2, 0.25) is 17.7 Å². The highest BCUT2D eigenvalue weighted by Gasteiger charge is 2.54. The molecule has 3 fully saturated rings. The molecule has 582 valence electrons. The number of aliphatic hydroxyl groups is 9. The van der Waals surface area contributed by atoms with Crippen molar-refractivity contribution in [2.75, 3.05) is 59.3 Å². The van der Waals surface area contributed by atoms with Crippen molar-refractivity contribution in [1.29, 1.82) is 0 Å². The van der Waals surface area contributed by atoms with Crippen LogP contribution in [0.3, 0.4) is 0 Å². The number of rotatable bonds is 58. The minimum atomic E-state index is -4.73. The number of allylic oxidation sites excluding steroid dienone is 4. The molecule has 0 aliphatic carbocycles. The van der Waals surface area contributed by atoms with Crippen LogP contribution in [-0.4, -0.2) is 238 Å². The van der Waals surface area contributed by atoms with Crippen molar-refractivity contribution in [2.45, 2.75) is 331 Å². The lowest BCUT2D eigenvalue weighted by atomic mass is 9.95. The summed E-state index contributed by atoms with van der Waals surface area (Å²) in [5.74, 6) is -2.41. The predicted molar refractivity (Wildman–Crippen MR) is 367 cm³/mol. The third kappa shape index (κ3) is 38.4. The summed E-state index contributed by atoms with van der Waals surface area (Å²) in [5, 5.41) is 103. The van der Waals surface area contributed by atoms with Crippen LogP contribution in [-0.2, 0) is 75.5 Å². The van der Waals surface area contributed by atoms with Crippen LogP contribution in [0.15, 0.2) is 24.3 Å². The molecular formula is C70H126N3O26P. The number of esters is 2. The molecule has 0 radical (unpaired) electrons. The molecule has 3 saturated heterocycles. The van der Waals surface area contributed by atoms with E-state index >= 15 is 0 Å². The first kappa shape index (κ1) is 90.6. The zero-order chi connectivity index (χ0) is 73.3. The van der Waals surface area contributed by atoms with Crippen molar-refractivity contribution < 1.29 is 126 Å². The summed E-state index contributed by atoms with van der Waals surface area (Å²) < 4.78 is 68.4. The Balaban J connectivity index is 1.37. The summed E-state index contributed by atoms with van der Waals surface area (Å²) in [7, 11) is -4.73. The van der Waals surface area contributed by atoms with Gasteiger partial charge in [-0.3, -0.25) is 33.0 Å². The standard InChI is InChI=1S/C70H126N3O26P/c1-4-6-8-10-12-14-16-18-20-22-24-26-28-30-32-39-57(80)91-48-51(94-58(81)40-33-31-29-27-25-23-21-19-17-15-13-11-9-7-5-2)49-93-100(88,89)92-44-42-72-56(79)38-35-34-37-55(78)71-41-36-43-90-68-59(73-50(3)77)62(84)66(54(47-76)97-68)98-70-65(87)67(61(83)53(46-75)96-70)99-69-64(86)63(85)60(82)52(45-74)95-69/h18-21,51-54,59-70,74-76,82-87H,4-17,22-49H2,1-3H3,(H,71,78)(H,72,79)(H,73,77)(H,88,89)/t51-,52-,53-,54-,59-,60+,61+,62-,63+,64-,65-,66-,67+,68-,69-,70+/m1/s1. The molecular weight excluding hydrogens is 1330 g/mol. The van der Waals surface area contributed by atoms with Gasteiger partial charge < -0.3 is 105 Å². The summed E-state index contributed by atoms with van der Waals surface area (Å²) in [5.41, 5.74) is 0. The van der Waals surface area contributed by atoms with E-state index in [0.717, 1.165) is 84.0 Å². The molecule has 3 aliphatic rings. The van der Waals surface area contributed by atoms with Gasteiger partial charge in [-0.2, -0.15) is 0 Å². The number of hydrogen-bond acceptors (Lipinski definition) is 25. The smallest absolute Gasteiger partial charge is 0.462 e. The van der Waals surface area contributed by atoms with E-state index in [0.29, 0.717) is 25.7 Å². The van der Waals surface area contributed by atoms with E-state index in [1.165, 1.54) is 77.0 Å². The second-order valence-electron chi connectivity index (χ2n) is 26.2. The summed E-state index contributed by atoms with van der Waals surface area (Å²) >= 11 is 0. The van der Waals surface area contributed by atoms with E-state index < -0.39 is 163 Å². The Labute approximate surface area is 592 Å². The lowest BCUT2D eigenvalue weighted by Gasteiger charge is -2.48. The van der Waals surface area contributed by atoms with Gasteiger partial charge in [-0.1, -0.05) is 141 Å². The first-order valence-electron chi connectivity index (χ1n) is 37.1. The van der Waals surface area contributed by atoms with Crippen LogP contribution in [0, 0.1) is 0 Å². The zero-order valence-corrected chi connectivity index (χ0v) is 60.6. The molecule has 0 aromatic heterocycles. The molecule has 30 heteroatoms. The van der Waals surface area contributed by atoms with Gasteiger partial charge >= 0.3 is 19.8 Å². The van der Waals surface area contributed by atoms with E-state index in [4.69, 9.17) is 46.9 Å². The highest BCUT2D eigenvalue weighted by Crippen LogP contribution is 2.43. The number of ether oxygens (including phenoxy) is 8. The second kappa shape index (κ2) is 54.9. The molecule has 0 saturated carbocycles. The Morgan fingerprint density at radius 2 is 0.910 bits per heavy atom. The molecule has 29 nitrogen and oxygen atoms in total. The molecule has 3 rings (SSSR count). The fourth-order valence-corrected chi connectivity index (χ4v) is 12.4. The van der Waals surface area contributed by atoms with Crippen LogP contribution in [0.4, 0.5) is 0 Å². The number of carbonyl (C=O) groups is 5. The number of amides is 3. The lowest BCUT2D eigenvalue weighted by molar-refractivity contribution is -0.376. The maximum absolute atomic E-state index is 13.0. The predicted octanol–water partition coefficient (Wildman–Crippen LogP) is 5.44. The molecule has 1 unspecified atom stereocenters. The van der Waals surface area contributed by atoms with Gasteiger partial charge in [0.1, 0.15) is 79.8 Å². The summed E-state index contributed by atoms with van der Waals surface area (Å²) in [6.07, 6.45) is 14.1. The molecule has 100 heavy (non-hydrogen) atoms. The van der Waals surface area contributed by atoms with E-state index in [-0.39, 0.29) is 64.3 Å². The van der Waals surface area contributed by atoms with Crippen LogP contribution in [0.25, 0.3) is 0 Å². The molecule has 0 aromatic rings. The van der Waals surface area contributed by atoms with Crippen LogP contribution >= 0.6 is 7.82 Å². The molecule has 17 atom stereocenters. The van der Waals surface area contributed by atoms with Gasteiger partial charge in [0.05, 0.1) is 39.6 Å². The number of carbonyl (C=O) groups excluding carboxylic acids is 5. The Kier molecular flexibility index (Phi) is 49.7. The minimum Gasteiger partial charge on any atom is -0.462 e. The summed E-state index contributed by atoms with van der Waals surface area (Å²) in [4.78, 5) is 73.8. The van der Waals surface area contributed by atoms with Gasteiger partial charge in [-0.25, -0.2) is 4.57 Å². The maximum Gasteiger partial charge on any atom is 0.472 e. The third-order valence-corrected chi connectivity index (χ3v) is 18.6. The van der Waals surface area contributed by atoms with Crippen molar-refractivity contribution in [2.24, 2.45) is 0 Å². The topological polar surface area (TPSA) is 433 Å². The molecule has 3 heterocycles. The average Bonchev–Trinajstić information content (AvgIpc) is 0.781. The van der Waals surface area contributed by atoms with Crippen LogP contribution < -0.4 is 16.0 Å². The monoisotopic (exact) mass is 1460 g/mol. The number of phosphoric acid groups is 1. The third-order valence-electron chi connectivity index (χ3n) is 17.6. The van der Waals surface area contributed by atoms with Gasteiger partial charge in [0.15, 0.2) is 25.0 Å². The van der Waals surface area contributed by atoms with Gasteiger partial charge in [0, 0.05) is 45.7 Å². The van der Waals surface area contributed by atoms with Gasteiger partial charge in [-0.05, 0) is 83.5 Å². The highest BCUT2D eigenvalue weighted by atomic mass is 31.2. The lowest BCUT2D eigenvalue weighted by Crippen LogP contribution is -2.68.